The van der Waals surface area contributed by atoms with Crippen LogP contribution >= 0.6 is 11.6 Å². The van der Waals surface area contributed by atoms with Crippen LogP contribution in [0.1, 0.15) is 37.8 Å². The van der Waals surface area contributed by atoms with Crippen molar-refractivity contribution in [3.63, 3.8) is 0 Å². The monoisotopic (exact) mass is 493 g/mol. The summed E-state index contributed by atoms with van der Waals surface area (Å²) in [4.78, 5) is 27.2. The van der Waals surface area contributed by atoms with E-state index in [0.29, 0.717) is 30.2 Å². The van der Waals surface area contributed by atoms with E-state index < -0.39 is 16.1 Å². The minimum Gasteiger partial charge on any atom is -0.355 e. The molecule has 0 radical (unpaired) electrons. The first-order chi connectivity index (χ1) is 15.5. The average molecular weight is 494 g/mol. The molecule has 1 unspecified atom stereocenters. The average Bonchev–Trinajstić information content (AvgIpc) is 2.73. The van der Waals surface area contributed by atoms with E-state index in [1.165, 1.54) is 4.31 Å². The van der Waals surface area contributed by atoms with E-state index in [1.807, 2.05) is 38.1 Å². The number of sulfonamides is 1. The molecule has 0 heterocycles. The summed E-state index contributed by atoms with van der Waals surface area (Å²) >= 11 is 6.02. The molecule has 0 saturated carbocycles. The molecule has 7 nitrogen and oxygen atoms in total. The van der Waals surface area contributed by atoms with E-state index in [4.69, 9.17) is 11.6 Å². The molecule has 2 aromatic rings. The van der Waals surface area contributed by atoms with Gasteiger partial charge in [0, 0.05) is 31.1 Å². The Labute approximate surface area is 201 Å². The number of nitrogens with zero attached hydrogens (tertiary/aromatic N) is 2. The quantitative estimate of drug-likeness (QED) is 0.516. The SMILES string of the molecule is CCNC(=O)C(C)N(Cc1cccc(C)c1)C(=O)CCCN(c1cccc(Cl)c1)S(C)(=O)=O. The Morgan fingerprint density at radius 2 is 1.82 bits per heavy atom. The maximum absolute atomic E-state index is 13.2. The number of rotatable bonds is 11. The molecule has 0 aromatic heterocycles. The molecule has 1 N–H and O–H groups in total. The van der Waals surface area contributed by atoms with Crippen LogP contribution in [0.25, 0.3) is 0 Å². The number of carbonyl (C=O) groups excluding carboxylic acids is 2. The lowest BCUT2D eigenvalue weighted by atomic mass is 10.1. The molecule has 0 aliphatic carbocycles. The Morgan fingerprint density at radius 3 is 2.42 bits per heavy atom. The molecule has 2 rings (SSSR count). The molecule has 0 fully saturated rings. The van der Waals surface area contributed by atoms with E-state index in [2.05, 4.69) is 5.32 Å². The van der Waals surface area contributed by atoms with Crippen LogP contribution in [0.5, 0.6) is 0 Å². The molecule has 2 aromatic carbocycles. The summed E-state index contributed by atoms with van der Waals surface area (Å²) in [5.41, 5.74) is 2.44. The third-order valence-corrected chi connectivity index (χ3v) is 6.63. The number of anilines is 1. The normalized spacial score (nSPS) is 12.2. The zero-order valence-electron chi connectivity index (χ0n) is 19.5. The topological polar surface area (TPSA) is 86.8 Å². The van der Waals surface area contributed by atoms with E-state index >= 15 is 0 Å². The zero-order chi connectivity index (χ0) is 24.6. The van der Waals surface area contributed by atoms with Crippen molar-refractivity contribution in [1.29, 1.82) is 0 Å². The Morgan fingerprint density at radius 1 is 1.12 bits per heavy atom. The number of benzene rings is 2. The number of amides is 2. The van der Waals surface area contributed by atoms with Crippen molar-refractivity contribution in [2.45, 2.75) is 46.2 Å². The van der Waals surface area contributed by atoms with Gasteiger partial charge < -0.3 is 10.2 Å². The first-order valence-electron chi connectivity index (χ1n) is 10.9. The van der Waals surface area contributed by atoms with Gasteiger partial charge in [-0.15, -0.1) is 0 Å². The maximum atomic E-state index is 13.2. The number of likely N-dealkylation sites (N-methyl/N-ethyl adjacent to an activating group) is 1. The Bertz CT molecular complexity index is 1070. The van der Waals surface area contributed by atoms with Crippen LogP contribution in [0.4, 0.5) is 5.69 Å². The van der Waals surface area contributed by atoms with Gasteiger partial charge in [-0.2, -0.15) is 0 Å². The highest BCUT2D eigenvalue weighted by atomic mass is 35.5. The molecular weight excluding hydrogens is 462 g/mol. The zero-order valence-corrected chi connectivity index (χ0v) is 21.1. The lowest BCUT2D eigenvalue weighted by molar-refractivity contribution is -0.140. The number of hydrogen-bond donors (Lipinski definition) is 1. The van der Waals surface area contributed by atoms with Crippen molar-refractivity contribution in [2.75, 3.05) is 23.7 Å². The van der Waals surface area contributed by atoms with Crippen molar-refractivity contribution in [3.05, 3.63) is 64.7 Å². The fourth-order valence-corrected chi connectivity index (χ4v) is 4.69. The fourth-order valence-electron chi connectivity index (χ4n) is 3.55. The van der Waals surface area contributed by atoms with Crippen LogP contribution in [-0.2, 0) is 26.2 Å². The van der Waals surface area contributed by atoms with Gasteiger partial charge in [0.15, 0.2) is 0 Å². The number of hydrogen-bond acceptors (Lipinski definition) is 4. The van der Waals surface area contributed by atoms with Crippen molar-refractivity contribution in [1.82, 2.24) is 10.2 Å². The molecule has 0 saturated heterocycles. The summed E-state index contributed by atoms with van der Waals surface area (Å²) in [6.07, 6.45) is 1.52. The second-order valence-electron chi connectivity index (χ2n) is 8.00. The van der Waals surface area contributed by atoms with Gasteiger partial charge in [-0.25, -0.2) is 8.42 Å². The fraction of sp³-hybridized carbons (Fsp3) is 0.417. The highest BCUT2D eigenvalue weighted by Gasteiger charge is 2.26. The Kier molecular flexibility index (Phi) is 9.73. The summed E-state index contributed by atoms with van der Waals surface area (Å²) in [5, 5.41) is 3.19. The number of nitrogens with one attached hydrogen (secondary N) is 1. The predicted molar refractivity (Wildman–Crippen MR) is 133 cm³/mol. The molecule has 0 spiro atoms. The second-order valence-corrected chi connectivity index (χ2v) is 10.3. The molecule has 0 aliphatic rings. The van der Waals surface area contributed by atoms with Gasteiger partial charge in [0.05, 0.1) is 11.9 Å². The van der Waals surface area contributed by atoms with Gasteiger partial charge in [-0.1, -0.05) is 47.5 Å². The predicted octanol–water partition coefficient (Wildman–Crippen LogP) is 3.75. The first-order valence-corrected chi connectivity index (χ1v) is 13.1. The first kappa shape index (κ1) is 26.7. The van der Waals surface area contributed by atoms with E-state index in [-0.39, 0.29) is 24.8 Å². The minimum absolute atomic E-state index is 0.0994. The summed E-state index contributed by atoms with van der Waals surface area (Å²) in [6, 6.07) is 13.7. The van der Waals surface area contributed by atoms with Crippen molar-refractivity contribution < 1.29 is 18.0 Å². The maximum Gasteiger partial charge on any atom is 0.242 e. The molecule has 180 valence electrons. The van der Waals surface area contributed by atoms with Crippen molar-refractivity contribution >= 4 is 39.1 Å². The van der Waals surface area contributed by atoms with Gasteiger partial charge in [0.2, 0.25) is 21.8 Å². The van der Waals surface area contributed by atoms with Crippen LogP contribution in [0.3, 0.4) is 0 Å². The van der Waals surface area contributed by atoms with Gasteiger partial charge in [-0.3, -0.25) is 13.9 Å². The number of halogens is 1. The van der Waals surface area contributed by atoms with E-state index in [0.717, 1.165) is 17.4 Å². The molecule has 9 heteroatoms. The smallest absolute Gasteiger partial charge is 0.242 e. The van der Waals surface area contributed by atoms with E-state index in [1.54, 1.807) is 36.1 Å². The van der Waals surface area contributed by atoms with Gasteiger partial charge in [0.25, 0.3) is 0 Å². The van der Waals surface area contributed by atoms with Gasteiger partial charge >= 0.3 is 0 Å². The molecule has 0 bridgehead atoms. The molecule has 0 aliphatic heterocycles. The summed E-state index contributed by atoms with van der Waals surface area (Å²) in [7, 11) is -3.56. The molecule has 2 amide bonds. The largest absolute Gasteiger partial charge is 0.355 e. The highest BCUT2D eigenvalue weighted by molar-refractivity contribution is 7.92. The number of carbonyl (C=O) groups is 2. The third-order valence-electron chi connectivity index (χ3n) is 5.20. The lowest BCUT2D eigenvalue weighted by Crippen LogP contribution is -2.47. The van der Waals surface area contributed by atoms with Gasteiger partial charge in [-0.05, 0) is 51.0 Å². The van der Waals surface area contributed by atoms with Crippen LogP contribution in [0, 0.1) is 6.92 Å². The summed E-state index contributed by atoms with van der Waals surface area (Å²) < 4.78 is 25.9. The Hall–Kier alpha value is -2.58. The highest BCUT2D eigenvalue weighted by Crippen LogP contribution is 2.22. The molecule has 33 heavy (non-hydrogen) atoms. The van der Waals surface area contributed by atoms with Crippen LogP contribution in [-0.4, -0.2) is 50.5 Å². The molecular formula is C24H32ClN3O4S. The van der Waals surface area contributed by atoms with Crippen LogP contribution < -0.4 is 9.62 Å². The van der Waals surface area contributed by atoms with Crippen molar-refractivity contribution in [2.24, 2.45) is 0 Å². The van der Waals surface area contributed by atoms with Crippen molar-refractivity contribution in [3.8, 4) is 0 Å². The van der Waals surface area contributed by atoms with Gasteiger partial charge in [0.1, 0.15) is 6.04 Å². The Balaban J connectivity index is 2.15. The lowest BCUT2D eigenvalue weighted by Gasteiger charge is -2.29. The molecule has 1 atom stereocenters. The van der Waals surface area contributed by atoms with Crippen LogP contribution in [0.15, 0.2) is 48.5 Å². The summed E-state index contributed by atoms with van der Waals surface area (Å²) in [5.74, 6) is -0.440. The number of aryl methyl sites for hydroxylation is 1. The van der Waals surface area contributed by atoms with E-state index in [9.17, 15) is 18.0 Å². The standard InChI is InChI=1S/C24H32ClN3O4S/c1-5-26-24(30)19(3)27(17-20-10-6-9-18(2)15-20)23(29)13-8-14-28(33(4,31)32)22-12-7-11-21(25)16-22/h6-7,9-12,15-16,19H,5,8,13-14,17H2,1-4H3,(H,26,30). The van der Waals surface area contributed by atoms with Crippen LogP contribution in [0.2, 0.25) is 5.02 Å². The minimum atomic E-state index is -3.56. The second kappa shape index (κ2) is 12.0. The summed E-state index contributed by atoms with van der Waals surface area (Å²) in [6.45, 7) is 6.39. The third kappa shape index (κ3) is 8.05.